The van der Waals surface area contributed by atoms with Gasteiger partial charge in [0.15, 0.2) is 0 Å². The number of fused-ring (bicyclic) bond motifs is 1. The number of carboxylic acid groups (broad SMARTS) is 1. The molecule has 2 aromatic carbocycles. The van der Waals surface area contributed by atoms with E-state index in [1.807, 2.05) is 6.07 Å². The number of sulfone groups is 1. The quantitative estimate of drug-likeness (QED) is 0.323. The second kappa shape index (κ2) is 9.05. The van der Waals surface area contributed by atoms with Gasteiger partial charge in [0, 0.05) is 18.0 Å². The smallest absolute Gasteiger partial charge is 0.550 e. The summed E-state index contributed by atoms with van der Waals surface area (Å²) < 4.78 is 23.9. The third-order valence-corrected chi connectivity index (χ3v) is 7.17. The molecular weight excluding hydrogens is 401 g/mol. The van der Waals surface area contributed by atoms with E-state index in [1.54, 1.807) is 24.3 Å². The molecule has 3 rings (SSSR count). The van der Waals surface area contributed by atoms with Crippen molar-refractivity contribution >= 4 is 27.4 Å². The maximum Gasteiger partial charge on any atom is 1.00 e. The zero-order chi connectivity index (χ0) is 18.2. The van der Waals surface area contributed by atoms with E-state index in [-0.39, 0.29) is 51.1 Å². The number of halogens is 1. The average Bonchev–Trinajstić information content (AvgIpc) is 3.02. The summed E-state index contributed by atoms with van der Waals surface area (Å²) in [5, 5.41) is 11.1. The van der Waals surface area contributed by atoms with Gasteiger partial charge in [-0.3, -0.25) is 5.73 Å². The molecule has 0 saturated heterocycles. The van der Waals surface area contributed by atoms with Crippen LogP contribution in [0.4, 0.5) is 0 Å². The number of hydrogen-bond donors (Lipinski definition) is 1. The largest absolute Gasteiger partial charge is 1.00 e. The Morgan fingerprint density at radius 3 is 2.37 bits per heavy atom. The molecule has 27 heavy (non-hydrogen) atoms. The monoisotopic (exact) mass is 419 g/mol. The first-order valence-electron chi connectivity index (χ1n) is 7.86. The van der Waals surface area contributed by atoms with Gasteiger partial charge in [-0.15, -0.1) is 0 Å². The van der Waals surface area contributed by atoms with Gasteiger partial charge in [-0.1, -0.05) is 41.9 Å². The molecule has 1 unspecified atom stereocenters. The van der Waals surface area contributed by atoms with Gasteiger partial charge in [0.05, 0.1) is 4.90 Å². The van der Waals surface area contributed by atoms with Crippen molar-refractivity contribution in [3.63, 3.8) is 0 Å². The minimum atomic E-state index is -4.14. The molecule has 0 saturated carbocycles. The number of hydrogen-bond acceptors (Lipinski definition) is 5. The maximum absolute atomic E-state index is 13.1. The van der Waals surface area contributed by atoms with Crippen LogP contribution in [0.3, 0.4) is 0 Å². The van der Waals surface area contributed by atoms with Crippen molar-refractivity contribution in [2.24, 2.45) is 5.73 Å². The van der Waals surface area contributed by atoms with Crippen LogP contribution in [0.15, 0.2) is 47.4 Å². The maximum atomic E-state index is 13.1. The zero-order valence-electron chi connectivity index (χ0n) is 14.9. The van der Waals surface area contributed by atoms with Gasteiger partial charge < -0.3 is 15.4 Å². The molecule has 2 aromatic rings. The number of alkyl halides is 1. The molecule has 140 valence electrons. The summed E-state index contributed by atoms with van der Waals surface area (Å²) in [5.74, 6) is -1.32. The van der Waals surface area contributed by atoms with Gasteiger partial charge in [0.1, 0.15) is 0 Å². The molecule has 1 aliphatic carbocycles. The third kappa shape index (κ3) is 4.40. The van der Waals surface area contributed by atoms with Gasteiger partial charge in [0.25, 0.3) is 0 Å². The number of carbonyl (C=O) groups excluding carboxylic acids is 1. The summed E-state index contributed by atoms with van der Waals surface area (Å²) in [7, 11) is -4.14. The Bertz CT molecular complexity index is 932. The van der Waals surface area contributed by atoms with Crippen LogP contribution >= 0.6 is 11.6 Å². The molecule has 4 N–H and O–H groups in total. The van der Waals surface area contributed by atoms with E-state index < -0.39 is 26.6 Å². The van der Waals surface area contributed by atoms with Crippen LogP contribution in [0.5, 0.6) is 0 Å². The normalized spacial score (nSPS) is 15.0. The molecule has 0 aromatic heterocycles. The predicted molar refractivity (Wildman–Crippen MR) is 96.1 cm³/mol. The van der Waals surface area contributed by atoms with Crippen LogP contribution < -0.4 is 40.4 Å². The molecule has 0 spiro atoms. The van der Waals surface area contributed by atoms with Gasteiger partial charge >= 0.3 is 29.6 Å². The molecule has 1 aliphatic rings. The van der Waals surface area contributed by atoms with E-state index in [4.69, 9.17) is 17.3 Å². The standard InChI is InChI=1S/C18H18ClNO4S.Na.H2O/c19-18(20,25(23,24)14-6-2-1-3-7-14)17-13(11-16(21)22)10-9-12-5-4-8-15(12)17;;/h1-3,6-7,9-10H,4-5,8,11,20H2,(H,21,22);;1H2/q;+1;/p-1. The molecule has 0 bridgehead atoms. The van der Waals surface area contributed by atoms with E-state index in [9.17, 15) is 18.3 Å². The number of aliphatic carboxylic acids is 1. The third-order valence-electron chi connectivity index (χ3n) is 4.49. The second-order valence-electron chi connectivity index (χ2n) is 6.10. The fourth-order valence-corrected chi connectivity index (χ4v) is 5.23. The molecule has 0 amide bonds. The summed E-state index contributed by atoms with van der Waals surface area (Å²) in [6, 6.07) is 11.1. The van der Waals surface area contributed by atoms with E-state index in [1.165, 1.54) is 12.1 Å². The molecular formula is C18H19ClNNaO5S. The van der Waals surface area contributed by atoms with Crippen molar-refractivity contribution < 1.29 is 53.4 Å². The summed E-state index contributed by atoms with van der Waals surface area (Å²) in [6.07, 6.45) is 1.79. The Hall–Kier alpha value is -0.930. The minimum absolute atomic E-state index is 0. The van der Waals surface area contributed by atoms with Crippen LogP contribution in [0.2, 0.25) is 0 Å². The molecule has 1 atom stereocenters. The van der Waals surface area contributed by atoms with Gasteiger partial charge in [-0.2, -0.15) is 0 Å². The van der Waals surface area contributed by atoms with Crippen LogP contribution in [0, 0.1) is 0 Å². The first-order valence-corrected chi connectivity index (χ1v) is 9.72. The molecule has 0 aliphatic heterocycles. The molecule has 6 nitrogen and oxygen atoms in total. The number of carboxylic acids is 1. The average molecular weight is 420 g/mol. The van der Waals surface area contributed by atoms with E-state index >= 15 is 0 Å². The number of nitrogens with two attached hydrogens (primary N) is 1. The van der Waals surface area contributed by atoms with Crippen LogP contribution in [0.25, 0.3) is 0 Å². The zero-order valence-corrected chi connectivity index (χ0v) is 18.4. The van der Waals surface area contributed by atoms with Crippen molar-refractivity contribution in [3.05, 3.63) is 64.7 Å². The summed E-state index contributed by atoms with van der Waals surface area (Å²) in [6.45, 7) is 0. The fraction of sp³-hybridized carbons (Fsp3) is 0.278. The van der Waals surface area contributed by atoms with Crippen molar-refractivity contribution in [2.45, 2.75) is 34.9 Å². The van der Waals surface area contributed by atoms with Gasteiger partial charge in [-0.05, 0) is 48.1 Å². The summed E-state index contributed by atoms with van der Waals surface area (Å²) in [5.41, 5.74) is 8.30. The second-order valence-corrected chi connectivity index (χ2v) is 9.04. The van der Waals surface area contributed by atoms with Crippen molar-refractivity contribution in [3.8, 4) is 0 Å². The fourth-order valence-electron chi connectivity index (χ4n) is 3.35. The van der Waals surface area contributed by atoms with Crippen molar-refractivity contribution in [1.29, 1.82) is 0 Å². The molecule has 0 radical (unpaired) electrons. The minimum Gasteiger partial charge on any atom is -0.550 e. The molecule has 0 fully saturated rings. The topological polar surface area (TPSA) is 132 Å². The Balaban J connectivity index is 0.00000182. The summed E-state index contributed by atoms with van der Waals surface area (Å²) >= 11 is 6.44. The van der Waals surface area contributed by atoms with Crippen molar-refractivity contribution in [2.75, 3.05) is 0 Å². The van der Waals surface area contributed by atoms with E-state index in [0.29, 0.717) is 6.42 Å². The van der Waals surface area contributed by atoms with Gasteiger partial charge in [-0.25, -0.2) is 8.42 Å². The summed E-state index contributed by atoms with van der Waals surface area (Å²) in [4.78, 5) is 11.1. The van der Waals surface area contributed by atoms with Crippen LogP contribution in [0.1, 0.15) is 28.7 Å². The van der Waals surface area contributed by atoms with E-state index in [0.717, 1.165) is 24.0 Å². The van der Waals surface area contributed by atoms with Crippen LogP contribution in [-0.2, 0) is 38.2 Å². The first-order chi connectivity index (χ1) is 11.7. The van der Waals surface area contributed by atoms with E-state index in [2.05, 4.69) is 0 Å². The number of benzene rings is 2. The predicted octanol–water partition coefficient (Wildman–Crippen LogP) is -2.57. The SMILES string of the molecule is NC(Cl)(c1c(CC(=O)[O-])ccc2c1CCC2)S(=O)(=O)c1ccccc1.O.[Na+]. The Morgan fingerprint density at radius 1 is 1.15 bits per heavy atom. The number of aryl methyl sites for hydroxylation is 1. The number of rotatable bonds is 5. The number of carbonyl (C=O) groups is 1. The Labute approximate surface area is 185 Å². The molecule has 0 heterocycles. The van der Waals surface area contributed by atoms with Crippen molar-refractivity contribution in [1.82, 2.24) is 0 Å². The first kappa shape index (κ1) is 24.1. The Morgan fingerprint density at radius 2 is 1.78 bits per heavy atom. The van der Waals surface area contributed by atoms with Gasteiger partial charge in [0.2, 0.25) is 14.2 Å². The molecule has 9 heteroatoms. The van der Waals surface area contributed by atoms with Crippen LogP contribution in [-0.4, -0.2) is 19.9 Å². The Kier molecular flexibility index (Phi) is 8.08.